The lowest BCUT2D eigenvalue weighted by molar-refractivity contribution is 0.0525. The van der Waals surface area contributed by atoms with Crippen molar-refractivity contribution in [3.8, 4) is 11.4 Å². The van der Waals surface area contributed by atoms with Crippen molar-refractivity contribution in [1.29, 1.82) is 0 Å². The number of esters is 1. The molecule has 2 aromatic rings. The van der Waals surface area contributed by atoms with E-state index in [1.807, 2.05) is 0 Å². The Labute approximate surface area is 202 Å². The van der Waals surface area contributed by atoms with E-state index < -0.39 is 23.6 Å². The van der Waals surface area contributed by atoms with Gasteiger partial charge in [-0.15, -0.1) is 23.2 Å². The Morgan fingerprint density at radius 3 is 1.91 bits per heavy atom. The van der Waals surface area contributed by atoms with E-state index in [1.54, 1.807) is 26.8 Å². The standard InChI is InChI=1S/C22H26Cl2N4O5/c1-22(2,3)33-21(31)26-6-5-25-19(29)13-7-15(11-23)27-17(9-13)18-10-14(20(30)32-4)8-16(12-24)28-18/h7-10H,5-6,11-12H2,1-4H3,(H,25,29)(H,26,31). The molecule has 0 radical (unpaired) electrons. The number of alkyl halides is 2. The maximum atomic E-state index is 12.7. The van der Waals surface area contributed by atoms with E-state index in [-0.39, 0.29) is 30.4 Å². The van der Waals surface area contributed by atoms with Gasteiger partial charge in [0.1, 0.15) is 5.60 Å². The number of nitrogens with one attached hydrogen (secondary N) is 2. The van der Waals surface area contributed by atoms with Gasteiger partial charge in [0, 0.05) is 18.7 Å². The van der Waals surface area contributed by atoms with Gasteiger partial charge in [0.15, 0.2) is 0 Å². The first-order chi connectivity index (χ1) is 15.6. The lowest BCUT2D eigenvalue weighted by Crippen LogP contribution is -2.37. The fraction of sp³-hybridized carbons (Fsp3) is 0.409. The van der Waals surface area contributed by atoms with Crippen LogP contribution >= 0.6 is 23.2 Å². The van der Waals surface area contributed by atoms with Crippen LogP contribution in [0.25, 0.3) is 11.4 Å². The Hall–Kier alpha value is -2.91. The van der Waals surface area contributed by atoms with Crippen molar-refractivity contribution in [2.45, 2.75) is 38.1 Å². The van der Waals surface area contributed by atoms with E-state index in [9.17, 15) is 14.4 Å². The number of methoxy groups -OCH3 is 1. The van der Waals surface area contributed by atoms with E-state index >= 15 is 0 Å². The van der Waals surface area contributed by atoms with Crippen LogP contribution in [0.1, 0.15) is 52.9 Å². The summed E-state index contributed by atoms with van der Waals surface area (Å²) in [6, 6.07) is 6.13. The number of amides is 2. The summed E-state index contributed by atoms with van der Waals surface area (Å²) in [6.45, 7) is 5.64. The highest BCUT2D eigenvalue weighted by Crippen LogP contribution is 2.22. The Morgan fingerprint density at radius 1 is 0.879 bits per heavy atom. The third kappa shape index (κ3) is 8.18. The number of alkyl carbamates (subject to hydrolysis) is 1. The summed E-state index contributed by atoms with van der Waals surface area (Å²) in [4.78, 5) is 45.2. The summed E-state index contributed by atoms with van der Waals surface area (Å²) in [6.07, 6.45) is -0.570. The summed E-state index contributed by atoms with van der Waals surface area (Å²) < 4.78 is 9.92. The van der Waals surface area contributed by atoms with Gasteiger partial charge in [0.25, 0.3) is 5.91 Å². The van der Waals surface area contributed by atoms with E-state index in [2.05, 4.69) is 20.6 Å². The summed E-state index contributed by atoms with van der Waals surface area (Å²) in [5.74, 6) is -0.801. The molecule has 2 rings (SSSR count). The predicted octanol–water partition coefficient (Wildman–Crippen LogP) is 3.66. The van der Waals surface area contributed by atoms with E-state index in [0.717, 1.165) is 0 Å². The second-order valence-corrected chi connectivity index (χ2v) is 8.44. The van der Waals surface area contributed by atoms with Gasteiger partial charge < -0.3 is 20.1 Å². The lowest BCUT2D eigenvalue weighted by Gasteiger charge is -2.19. The van der Waals surface area contributed by atoms with E-state index in [4.69, 9.17) is 32.7 Å². The minimum Gasteiger partial charge on any atom is -0.465 e. The number of ether oxygens (including phenoxy) is 2. The maximum Gasteiger partial charge on any atom is 0.407 e. The van der Waals surface area contributed by atoms with Crippen LogP contribution in [0.2, 0.25) is 0 Å². The zero-order valence-corrected chi connectivity index (χ0v) is 20.3. The zero-order chi connectivity index (χ0) is 24.6. The summed E-state index contributed by atoms with van der Waals surface area (Å²) in [5.41, 5.74) is 1.54. The van der Waals surface area contributed by atoms with Gasteiger partial charge in [-0.1, -0.05) is 0 Å². The molecular weight excluding hydrogens is 471 g/mol. The number of halogens is 2. The van der Waals surface area contributed by atoms with Crippen molar-refractivity contribution in [3.63, 3.8) is 0 Å². The quantitative estimate of drug-likeness (QED) is 0.325. The van der Waals surface area contributed by atoms with Crippen molar-refractivity contribution in [2.75, 3.05) is 20.2 Å². The molecule has 9 nitrogen and oxygen atoms in total. The Balaban J connectivity index is 2.19. The van der Waals surface area contributed by atoms with Crippen LogP contribution in [0, 0.1) is 0 Å². The van der Waals surface area contributed by atoms with Gasteiger partial charge in [0.2, 0.25) is 0 Å². The van der Waals surface area contributed by atoms with Crippen molar-refractivity contribution in [2.24, 2.45) is 0 Å². The van der Waals surface area contributed by atoms with Gasteiger partial charge in [-0.25, -0.2) is 19.6 Å². The van der Waals surface area contributed by atoms with Crippen LogP contribution < -0.4 is 10.6 Å². The van der Waals surface area contributed by atoms with Crippen LogP contribution in [0.15, 0.2) is 24.3 Å². The molecule has 178 valence electrons. The van der Waals surface area contributed by atoms with Crippen LogP contribution in [-0.2, 0) is 21.2 Å². The SMILES string of the molecule is COC(=O)c1cc(CCl)nc(-c2cc(C(=O)NCCNC(=O)OC(C)(C)C)cc(CCl)n2)c1. The first-order valence-corrected chi connectivity index (χ1v) is 11.1. The molecule has 2 N–H and O–H groups in total. The number of aromatic nitrogens is 2. The highest BCUT2D eigenvalue weighted by molar-refractivity contribution is 6.17. The molecule has 0 saturated heterocycles. The highest BCUT2D eigenvalue weighted by Gasteiger charge is 2.17. The molecule has 0 bridgehead atoms. The largest absolute Gasteiger partial charge is 0.465 e. The minimum atomic E-state index is -0.610. The summed E-state index contributed by atoms with van der Waals surface area (Å²) >= 11 is 11.9. The average molecular weight is 497 g/mol. The molecule has 0 aliphatic rings. The first kappa shape index (κ1) is 26.3. The molecule has 0 fully saturated rings. The number of carbonyl (C=O) groups is 3. The monoisotopic (exact) mass is 496 g/mol. The molecule has 33 heavy (non-hydrogen) atoms. The third-order valence-electron chi connectivity index (χ3n) is 4.06. The van der Waals surface area contributed by atoms with Gasteiger partial charge in [-0.05, 0) is 45.0 Å². The summed E-state index contributed by atoms with van der Waals surface area (Å²) in [7, 11) is 1.27. The van der Waals surface area contributed by atoms with Gasteiger partial charge >= 0.3 is 12.1 Å². The number of rotatable bonds is 8. The number of nitrogens with zero attached hydrogens (tertiary/aromatic N) is 2. The molecule has 2 amide bonds. The Kier molecular flexibility index (Phi) is 9.43. The highest BCUT2D eigenvalue weighted by atomic mass is 35.5. The molecule has 11 heteroatoms. The molecule has 0 spiro atoms. The molecular formula is C22H26Cl2N4O5. The van der Waals surface area contributed by atoms with E-state index in [0.29, 0.717) is 28.3 Å². The second-order valence-electron chi connectivity index (χ2n) is 7.91. The lowest BCUT2D eigenvalue weighted by atomic mass is 10.1. The number of pyridine rings is 2. The minimum absolute atomic E-state index is 0.0629. The fourth-order valence-electron chi connectivity index (χ4n) is 2.70. The van der Waals surface area contributed by atoms with Crippen LogP contribution in [0.3, 0.4) is 0 Å². The number of hydrogen-bond donors (Lipinski definition) is 2. The van der Waals surface area contributed by atoms with E-state index in [1.165, 1.54) is 25.3 Å². The molecule has 0 aliphatic carbocycles. The third-order valence-corrected chi connectivity index (χ3v) is 4.60. The average Bonchev–Trinajstić information content (AvgIpc) is 2.79. The molecule has 0 aromatic carbocycles. The summed E-state index contributed by atoms with van der Waals surface area (Å²) in [5, 5.41) is 5.28. The Morgan fingerprint density at radius 2 is 1.39 bits per heavy atom. The molecule has 0 aliphatic heterocycles. The molecule has 2 aromatic heterocycles. The number of carbonyl (C=O) groups excluding carboxylic acids is 3. The zero-order valence-electron chi connectivity index (χ0n) is 18.8. The van der Waals surface area contributed by atoms with Crippen LogP contribution in [0.4, 0.5) is 4.79 Å². The van der Waals surface area contributed by atoms with Gasteiger partial charge in [-0.2, -0.15) is 0 Å². The first-order valence-electron chi connectivity index (χ1n) is 10.0. The second kappa shape index (κ2) is 11.8. The smallest absolute Gasteiger partial charge is 0.407 e. The van der Waals surface area contributed by atoms with Gasteiger partial charge in [-0.3, -0.25) is 4.79 Å². The molecule has 0 saturated carbocycles. The molecule has 2 heterocycles. The topological polar surface area (TPSA) is 120 Å². The van der Waals surface area contributed by atoms with Crippen molar-refractivity contribution in [3.05, 3.63) is 46.8 Å². The predicted molar refractivity (Wildman–Crippen MR) is 124 cm³/mol. The molecule has 0 unspecified atom stereocenters. The van der Waals surface area contributed by atoms with Crippen molar-refractivity contribution in [1.82, 2.24) is 20.6 Å². The fourth-order valence-corrected chi connectivity index (χ4v) is 2.97. The Bertz CT molecular complexity index is 1020. The normalized spacial score (nSPS) is 11.0. The molecule has 0 atom stereocenters. The van der Waals surface area contributed by atoms with Crippen molar-refractivity contribution >= 4 is 41.2 Å². The number of hydrogen-bond acceptors (Lipinski definition) is 7. The van der Waals surface area contributed by atoms with Crippen LogP contribution in [-0.4, -0.2) is 53.7 Å². The van der Waals surface area contributed by atoms with Crippen LogP contribution in [0.5, 0.6) is 0 Å². The van der Waals surface area contributed by atoms with Crippen molar-refractivity contribution < 1.29 is 23.9 Å². The maximum absolute atomic E-state index is 12.7. The van der Waals surface area contributed by atoms with Gasteiger partial charge in [0.05, 0.1) is 47.2 Å².